The number of carbonyl (C=O) groups is 18. The Labute approximate surface area is 841 Å². The third kappa shape index (κ3) is 55.9. The molecule has 143 heavy (non-hydrogen) atoms. The average molecular weight is 2010 g/mol. The zero-order chi connectivity index (χ0) is 111. The summed E-state index contributed by atoms with van der Waals surface area (Å²) in [6.07, 6.45) is 26.5. The molecular formula is C103H153N13O27. The van der Waals surface area contributed by atoms with Gasteiger partial charge in [0.25, 0.3) is 11.8 Å². The number of nitrogens with one attached hydrogen (secondary N) is 11. The maximum absolute atomic E-state index is 11.7. The zero-order valence-corrected chi connectivity index (χ0v) is 87.7. The van der Waals surface area contributed by atoms with Crippen molar-refractivity contribution in [2.24, 2.45) is 57.9 Å². The second-order valence-corrected chi connectivity index (χ2v) is 29.8. The molecule has 0 radical (unpaired) electrons. The number of hydrogen-bond acceptors (Lipinski definition) is 23. The maximum Gasteiger partial charge on any atom is 0.433 e. The number of fused-ring (bicyclic) bond motifs is 7. The molecule has 2 saturated heterocycles. The van der Waals surface area contributed by atoms with Gasteiger partial charge < -0.3 is 98.2 Å². The molecule has 16 N–H and O–H groups in total. The fourth-order valence-corrected chi connectivity index (χ4v) is 12.7. The number of imide groups is 1. The van der Waals surface area contributed by atoms with Crippen LogP contribution in [0.3, 0.4) is 0 Å². The number of amides is 13. The van der Waals surface area contributed by atoms with E-state index in [0.29, 0.717) is 79.6 Å². The lowest BCUT2D eigenvalue weighted by Gasteiger charge is -2.36. The predicted molar refractivity (Wildman–Crippen MR) is 547 cm³/mol. The van der Waals surface area contributed by atoms with Crippen LogP contribution < -0.4 is 58.5 Å². The summed E-state index contributed by atoms with van der Waals surface area (Å²) < 4.78 is 14.0. The second-order valence-electron chi connectivity index (χ2n) is 29.8. The number of likely N-dealkylation sites (N-methyl/N-ethyl adjacent to an activating group) is 4. The van der Waals surface area contributed by atoms with E-state index in [0.717, 1.165) is 49.1 Å². The van der Waals surface area contributed by atoms with Crippen LogP contribution in [0.4, 0.5) is 14.4 Å². The molecule has 8 atom stereocenters. The number of terminal acetylenes is 1. The van der Waals surface area contributed by atoms with E-state index < -0.39 is 59.8 Å². The molecule has 4 aliphatic carbocycles. The van der Waals surface area contributed by atoms with Gasteiger partial charge in [0, 0.05) is 166 Å². The van der Waals surface area contributed by atoms with E-state index in [2.05, 4.69) is 115 Å². The Kier molecular flexibility index (Phi) is 80.0. The molecule has 2 aliphatic heterocycles. The molecular weight excluding hydrogens is 1850 g/mol. The molecule has 2 saturated carbocycles. The number of carboxylic acid groups (broad SMARTS) is 5. The van der Waals surface area contributed by atoms with Gasteiger partial charge in [-0.3, -0.25) is 62.5 Å². The molecule has 2 aromatic carbocycles. The van der Waals surface area contributed by atoms with Gasteiger partial charge in [0.05, 0.1) is 55.3 Å². The van der Waals surface area contributed by atoms with Gasteiger partial charge in [-0.25, -0.2) is 33.6 Å². The molecule has 2 heterocycles. The van der Waals surface area contributed by atoms with Crippen molar-refractivity contribution in [2.75, 3.05) is 112 Å². The number of benzene rings is 2. The Hall–Kier alpha value is -15.3. The fourth-order valence-electron chi connectivity index (χ4n) is 12.7. The van der Waals surface area contributed by atoms with E-state index >= 15 is 0 Å². The number of carbonyl (C=O) groups excluding carboxylic acids is 13. The summed E-state index contributed by atoms with van der Waals surface area (Å²) in [6.45, 7) is 27.9. The summed E-state index contributed by atoms with van der Waals surface area (Å²) in [4.78, 5) is 202. The summed E-state index contributed by atoms with van der Waals surface area (Å²) >= 11 is 0. The number of oxime groups is 1. The van der Waals surface area contributed by atoms with Crippen LogP contribution in [-0.2, 0) is 81.4 Å². The lowest BCUT2D eigenvalue weighted by molar-refractivity contribution is -0.147. The van der Waals surface area contributed by atoms with Crippen LogP contribution in [0.15, 0.2) is 154 Å². The van der Waals surface area contributed by atoms with E-state index in [1.54, 1.807) is 138 Å². The van der Waals surface area contributed by atoms with Crippen LogP contribution in [0.5, 0.6) is 0 Å². The molecule has 8 unspecified atom stereocenters. The summed E-state index contributed by atoms with van der Waals surface area (Å²) in [6, 6.07) is 16.1. The van der Waals surface area contributed by atoms with Crippen LogP contribution >= 0.6 is 0 Å². The minimum absolute atomic E-state index is 0.00134. The van der Waals surface area contributed by atoms with Crippen LogP contribution in [-0.4, -0.2) is 255 Å². The predicted octanol–water partition coefficient (Wildman–Crippen LogP) is 10.1. The molecule has 40 nitrogen and oxygen atoms in total. The van der Waals surface area contributed by atoms with Gasteiger partial charge in [-0.15, -0.1) is 18.3 Å². The highest BCUT2D eigenvalue weighted by Gasteiger charge is 2.58. The maximum atomic E-state index is 11.7. The van der Waals surface area contributed by atoms with Crippen molar-refractivity contribution >= 4 is 113 Å². The number of allylic oxidation sites excluding steroid dienone is 8. The van der Waals surface area contributed by atoms with Crippen molar-refractivity contribution in [3.8, 4) is 36.0 Å². The van der Waals surface area contributed by atoms with Crippen molar-refractivity contribution in [3.05, 3.63) is 165 Å². The minimum Gasteiger partial charge on any atom is -0.481 e. The summed E-state index contributed by atoms with van der Waals surface area (Å²) in [5.41, 5.74) is 4.01. The number of methoxy groups -OCH3 is 1. The Bertz CT molecular complexity index is 4860. The summed E-state index contributed by atoms with van der Waals surface area (Å²) in [7, 11) is 19.7. The van der Waals surface area contributed by atoms with Gasteiger partial charge >= 0.3 is 48.1 Å². The van der Waals surface area contributed by atoms with Gasteiger partial charge in [0.2, 0.25) is 47.3 Å². The monoisotopic (exact) mass is 2000 g/mol. The number of nitrogens with zero attached hydrogens (tertiary/aromatic N) is 2. The molecule has 0 spiro atoms. The van der Waals surface area contributed by atoms with Gasteiger partial charge in [-0.2, -0.15) is 0 Å². The SMILES string of the molecule is C#Cc1cccc(C(=O)NC)c1.CC.CC.CC#CC/C(C(=O)O)=C(\CC#CC)C(=O)NC.CC/C(C(=O)O)=C(\CC)C(=O)NC.CC/C(C)=N\OC(=O)NC.CC=CC/C(C(=O)O)=C(\CC=CC)C(=O)NC.CCCC(=O)NC.CN1C(=O)C2C3C=CC(C3)C2C1=O.CNC(=O)/C=C\C(=O)O.CNC(=O)C1C2C=CC(C2)C1C(=O)O.CNC(=O)OC.CNC(=O)OCC1(C)COC1.CNC(=O)c1ccccc1. The number of hydrogen-bond donors (Lipinski definition) is 16. The van der Waals surface area contributed by atoms with E-state index in [1.807, 2.05) is 92.7 Å². The van der Waals surface area contributed by atoms with Crippen LogP contribution in [0.1, 0.15) is 194 Å². The lowest BCUT2D eigenvalue weighted by atomic mass is 9.82. The van der Waals surface area contributed by atoms with Gasteiger partial charge in [0.1, 0.15) is 6.61 Å². The van der Waals surface area contributed by atoms with Crippen LogP contribution in [0.25, 0.3) is 0 Å². The topological polar surface area (TPSA) is 593 Å². The Morgan fingerprint density at radius 1 is 0.517 bits per heavy atom. The molecule has 40 heteroatoms. The first kappa shape index (κ1) is 138. The van der Waals surface area contributed by atoms with Gasteiger partial charge in [0.15, 0.2) is 0 Å². The van der Waals surface area contributed by atoms with Crippen LogP contribution in [0, 0.1) is 88.8 Å². The Morgan fingerprint density at radius 2 is 0.958 bits per heavy atom. The lowest BCUT2D eigenvalue weighted by Crippen LogP contribution is -2.44. The van der Waals surface area contributed by atoms with E-state index in [-0.39, 0.29) is 130 Å². The summed E-state index contributed by atoms with van der Waals surface area (Å²) in [5, 5.41) is 74.1. The summed E-state index contributed by atoms with van der Waals surface area (Å²) in [5.74, 6) is 6.21. The highest BCUT2D eigenvalue weighted by molar-refractivity contribution is 6.07. The molecule has 2 aromatic rings. The Balaban J connectivity index is -0.000000360. The molecule has 792 valence electrons. The molecule has 13 amide bonds. The highest BCUT2D eigenvalue weighted by atomic mass is 16.7. The number of likely N-dealkylation sites (tertiary alicyclic amines) is 1. The van der Waals surface area contributed by atoms with Crippen molar-refractivity contribution in [1.29, 1.82) is 0 Å². The van der Waals surface area contributed by atoms with Crippen molar-refractivity contribution in [3.63, 3.8) is 0 Å². The first-order valence-corrected chi connectivity index (χ1v) is 46.0. The first-order chi connectivity index (χ1) is 67.8. The molecule has 6 aliphatic rings. The van der Waals surface area contributed by atoms with Gasteiger partial charge in [-0.05, 0) is 140 Å². The number of ether oxygens (including phenoxy) is 3. The van der Waals surface area contributed by atoms with Crippen molar-refractivity contribution in [1.82, 2.24) is 63.4 Å². The van der Waals surface area contributed by atoms with Crippen molar-refractivity contribution in [2.45, 2.75) is 168 Å². The number of aliphatic carboxylic acids is 5. The molecule has 4 bridgehead atoms. The highest BCUT2D eigenvalue weighted by Crippen LogP contribution is 2.52. The number of carboxylic acids is 5. The number of alkyl carbamates (subject to hydrolysis) is 2. The standard InChI is InChI=1S/C13H19NO3.C13H15NO3.C10H13NO3.C10H11NO2.C10H9NO.C9H15NO3.C8H9NO.C7H13NO3.C6H12N2O2.C5H7NO3.C5H11NO.C3H7NO2.2C2H6/c2*1-4-6-8-10(12(15)14-3)11(13(16)17)9-7-5-2;1-11-9(12)7-5-2-3-6(4-5)8(7)10(13)14;1-11-9(12)7-5-2-3-6(4-5)8(7)10(11)13;1-3-8-5-4-6-9(7-8)10(12)11-2;1-4-6(8(11)10-3)7(5-2)9(12)13;1-9-8(10)7-5-3-2-4-6-7;1-7(3-10-4-7)5-11-6(9)8-2;1-4-5(2)8-10-6(9)7-3;1-6-4(7)2-3-5(8)9;1-3-4-5(7)6-2;1-4-3(5)6-2;2*1-2/h4-7H,8-9H2,1-3H3,(H,14,15)(H,16,17);8-9H2,1-3H3,(H,14,15)(H,16,17);2-3,5-8H,4H2,1H3,(H,11,12)(H,13,14);2-3,5-8H,4H2,1H3;1,4-7H,2H3,(H,11,12);4-5H2,1-3H3,(H,10,11)(H,12,13);2-6H,1H3,(H,9,10);3-5H2,1-2H3,(H,8,9);4H2,1-3H3,(H,7,9);2-3H,1H3,(H,6,7)(H,8,9);3-4H2,1-2H3,(H,6,7);1-2H3,(H,4,5);2*1-2H3/b6-4?,7-5?,11-10-;11-10-;;;;7-6-;;;8-5-;3-2-;;;;. The largest absolute Gasteiger partial charge is 0.481 e. The zero-order valence-electron chi connectivity index (χ0n) is 87.7. The normalized spacial score (nSPS) is 16.9. The van der Waals surface area contributed by atoms with E-state index in [9.17, 15) is 86.3 Å². The minimum atomic E-state index is -1.13. The van der Waals surface area contributed by atoms with Gasteiger partial charge in [-0.1, -0.05) is 158 Å². The molecule has 8 rings (SSSR count). The van der Waals surface area contributed by atoms with Crippen molar-refractivity contribution < 1.29 is 131 Å². The van der Waals surface area contributed by atoms with E-state index in [4.69, 9.17) is 41.4 Å². The molecule has 4 fully saturated rings. The third-order valence-corrected chi connectivity index (χ3v) is 20.3. The smallest absolute Gasteiger partial charge is 0.433 e. The van der Waals surface area contributed by atoms with E-state index in [1.165, 1.54) is 54.3 Å². The number of rotatable bonds is 26. The fraction of sp³-hybridized carbons (Fsp3) is 0.485. The quantitative estimate of drug-likeness (QED) is 0.00791. The first-order valence-electron chi connectivity index (χ1n) is 46.0. The van der Waals surface area contributed by atoms with Crippen LogP contribution in [0.2, 0.25) is 0 Å². The average Bonchev–Trinajstić information content (AvgIpc) is 1.58. The second kappa shape index (κ2) is 82.6. The Morgan fingerprint density at radius 3 is 1.32 bits per heavy atom. The molecule has 0 aromatic heterocycles. The third-order valence-electron chi connectivity index (χ3n) is 20.3.